The van der Waals surface area contributed by atoms with Crippen LogP contribution >= 0.6 is 15.9 Å². The second kappa shape index (κ2) is 7.30. The SMILES string of the molecule is CCn1nc(C)c(Br)c1C(=O)NC1Nc2cc(C=O)cc3c2N1CC(C)(C)CN3C. The van der Waals surface area contributed by atoms with Gasteiger partial charge in [0.25, 0.3) is 5.91 Å². The zero-order chi connectivity index (χ0) is 21.8. The van der Waals surface area contributed by atoms with Crippen LogP contribution in [0.15, 0.2) is 16.6 Å². The summed E-state index contributed by atoms with van der Waals surface area (Å²) in [5.74, 6) is -0.206. The van der Waals surface area contributed by atoms with Crippen LogP contribution in [0.1, 0.15) is 47.3 Å². The van der Waals surface area contributed by atoms with Crippen LogP contribution in [0, 0.1) is 12.3 Å². The molecular formula is C21H27BrN6O2. The smallest absolute Gasteiger partial charge is 0.273 e. The second-order valence-electron chi connectivity index (χ2n) is 8.79. The van der Waals surface area contributed by atoms with Gasteiger partial charge in [-0.05, 0) is 47.3 Å². The number of aromatic nitrogens is 2. The predicted molar refractivity (Wildman–Crippen MR) is 121 cm³/mol. The molecule has 0 fully saturated rings. The van der Waals surface area contributed by atoms with E-state index < -0.39 is 6.29 Å². The number of aldehydes is 1. The number of benzene rings is 1. The lowest BCUT2D eigenvalue weighted by Gasteiger charge is -2.33. The number of nitrogens with one attached hydrogen (secondary N) is 2. The number of nitrogens with zero attached hydrogens (tertiary/aromatic N) is 4. The predicted octanol–water partition coefficient (Wildman–Crippen LogP) is 3.21. The Bertz CT molecular complexity index is 1030. The molecule has 2 N–H and O–H groups in total. The number of amides is 1. The van der Waals surface area contributed by atoms with Crippen molar-refractivity contribution in [3.05, 3.63) is 33.6 Å². The fourth-order valence-electron chi connectivity index (χ4n) is 4.49. The van der Waals surface area contributed by atoms with Gasteiger partial charge in [0.1, 0.15) is 12.0 Å². The van der Waals surface area contributed by atoms with Crippen LogP contribution in [-0.2, 0) is 6.54 Å². The van der Waals surface area contributed by atoms with E-state index in [1.54, 1.807) is 4.68 Å². The van der Waals surface area contributed by atoms with Gasteiger partial charge in [0, 0.05) is 32.2 Å². The highest BCUT2D eigenvalue weighted by Gasteiger charge is 2.40. The Kier molecular flexibility index (Phi) is 5.04. The topological polar surface area (TPSA) is 82.5 Å². The lowest BCUT2D eigenvalue weighted by atomic mass is 9.92. The first kappa shape index (κ1) is 20.7. The Morgan fingerprint density at radius 1 is 1.40 bits per heavy atom. The molecule has 1 amide bonds. The minimum Gasteiger partial charge on any atom is -0.372 e. The van der Waals surface area contributed by atoms with Gasteiger partial charge in [-0.2, -0.15) is 5.10 Å². The molecule has 0 bridgehead atoms. The average molecular weight is 475 g/mol. The van der Waals surface area contributed by atoms with Crippen LogP contribution in [0.2, 0.25) is 0 Å². The van der Waals surface area contributed by atoms with E-state index in [1.165, 1.54) is 0 Å². The van der Waals surface area contributed by atoms with Crippen molar-refractivity contribution < 1.29 is 9.59 Å². The van der Waals surface area contributed by atoms with Crippen molar-refractivity contribution in [3.63, 3.8) is 0 Å². The summed E-state index contributed by atoms with van der Waals surface area (Å²) in [6, 6.07) is 3.76. The fourth-order valence-corrected chi connectivity index (χ4v) is 4.95. The molecule has 0 saturated heterocycles. The van der Waals surface area contributed by atoms with E-state index in [0.29, 0.717) is 22.3 Å². The van der Waals surface area contributed by atoms with Crippen molar-refractivity contribution in [2.45, 2.75) is 40.5 Å². The van der Waals surface area contributed by atoms with Gasteiger partial charge in [-0.25, -0.2) is 0 Å². The molecule has 2 aliphatic rings. The van der Waals surface area contributed by atoms with Crippen molar-refractivity contribution in [3.8, 4) is 0 Å². The van der Waals surface area contributed by atoms with Crippen LogP contribution < -0.4 is 20.4 Å². The summed E-state index contributed by atoms with van der Waals surface area (Å²) in [7, 11) is 2.04. The highest BCUT2D eigenvalue weighted by molar-refractivity contribution is 9.10. The molecule has 30 heavy (non-hydrogen) atoms. The van der Waals surface area contributed by atoms with Gasteiger partial charge in [0.05, 0.1) is 27.2 Å². The first-order chi connectivity index (χ1) is 14.1. The number of anilines is 3. The first-order valence-electron chi connectivity index (χ1n) is 10.1. The maximum atomic E-state index is 13.2. The molecule has 1 atom stereocenters. The molecule has 0 saturated carbocycles. The summed E-state index contributed by atoms with van der Waals surface area (Å²) in [4.78, 5) is 29.1. The Labute approximate surface area is 184 Å². The summed E-state index contributed by atoms with van der Waals surface area (Å²) in [5.41, 5.74) is 4.72. The number of hydrogen-bond donors (Lipinski definition) is 2. The van der Waals surface area contributed by atoms with E-state index in [2.05, 4.69) is 55.3 Å². The maximum Gasteiger partial charge on any atom is 0.273 e. The van der Waals surface area contributed by atoms with Crippen molar-refractivity contribution in [1.82, 2.24) is 15.1 Å². The van der Waals surface area contributed by atoms with Crippen LogP contribution in [0.25, 0.3) is 0 Å². The Morgan fingerprint density at radius 2 is 2.13 bits per heavy atom. The highest BCUT2D eigenvalue weighted by atomic mass is 79.9. The van der Waals surface area contributed by atoms with Crippen LogP contribution in [0.4, 0.5) is 17.1 Å². The maximum absolute atomic E-state index is 13.2. The summed E-state index contributed by atoms with van der Waals surface area (Å²) >= 11 is 3.51. The van der Waals surface area contributed by atoms with Gasteiger partial charge in [-0.1, -0.05) is 13.8 Å². The monoisotopic (exact) mass is 474 g/mol. The van der Waals surface area contributed by atoms with Crippen molar-refractivity contribution in [1.29, 1.82) is 0 Å². The Balaban J connectivity index is 1.73. The van der Waals surface area contributed by atoms with E-state index in [1.807, 2.05) is 33.0 Å². The van der Waals surface area contributed by atoms with E-state index in [0.717, 1.165) is 42.1 Å². The zero-order valence-electron chi connectivity index (χ0n) is 17.9. The first-order valence-corrected chi connectivity index (χ1v) is 10.9. The minimum absolute atomic E-state index is 0.0241. The molecule has 160 valence electrons. The molecule has 8 nitrogen and oxygen atoms in total. The number of halogens is 1. The molecule has 3 heterocycles. The molecule has 2 aliphatic heterocycles. The number of aryl methyl sites for hydroxylation is 2. The molecule has 0 spiro atoms. The second-order valence-corrected chi connectivity index (χ2v) is 9.58. The Hall–Kier alpha value is -2.55. The molecule has 4 rings (SSSR count). The summed E-state index contributed by atoms with van der Waals surface area (Å²) in [5, 5.41) is 11.0. The van der Waals surface area contributed by atoms with Crippen LogP contribution in [0.5, 0.6) is 0 Å². The van der Waals surface area contributed by atoms with Crippen molar-refractivity contribution in [2.75, 3.05) is 35.3 Å². The third-order valence-corrected chi connectivity index (χ3v) is 6.60. The van der Waals surface area contributed by atoms with E-state index in [-0.39, 0.29) is 11.3 Å². The summed E-state index contributed by atoms with van der Waals surface area (Å²) in [6.07, 6.45) is 0.435. The standard InChI is InChI=1S/C21H27BrN6O2/c1-6-28-18(16(22)12(2)25-28)19(30)24-20-23-14-7-13(9-29)8-15-17(14)27(20)11-21(3,4)10-26(15)5/h7-9,20,23H,6,10-11H2,1-5H3,(H,24,30). The Morgan fingerprint density at radius 3 is 2.80 bits per heavy atom. The van der Waals surface area contributed by atoms with Gasteiger partial charge >= 0.3 is 0 Å². The molecule has 1 unspecified atom stereocenters. The van der Waals surface area contributed by atoms with Crippen LogP contribution in [0.3, 0.4) is 0 Å². The van der Waals surface area contributed by atoms with Crippen molar-refractivity contribution in [2.24, 2.45) is 5.41 Å². The van der Waals surface area contributed by atoms with Crippen molar-refractivity contribution >= 4 is 45.2 Å². The lowest BCUT2D eigenvalue weighted by molar-refractivity contribution is 0.0928. The lowest BCUT2D eigenvalue weighted by Crippen LogP contribution is -2.52. The number of hydrogen-bond acceptors (Lipinski definition) is 6. The number of carbonyl (C=O) groups is 2. The molecule has 0 aliphatic carbocycles. The van der Waals surface area contributed by atoms with Gasteiger partial charge in [-0.15, -0.1) is 0 Å². The van der Waals surface area contributed by atoms with Gasteiger partial charge in [0.15, 0.2) is 6.29 Å². The zero-order valence-corrected chi connectivity index (χ0v) is 19.5. The third kappa shape index (κ3) is 3.34. The number of carbonyl (C=O) groups excluding carboxylic acids is 2. The molecule has 0 radical (unpaired) electrons. The van der Waals surface area contributed by atoms with Gasteiger partial charge in [-0.3, -0.25) is 14.3 Å². The molecular weight excluding hydrogens is 448 g/mol. The van der Waals surface area contributed by atoms with Crippen LogP contribution in [-0.4, -0.2) is 48.4 Å². The van der Waals surface area contributed by atoms with E-state index >= 15 is 0 Å². The third-order valence-electron chi connectivity index (χ3n) is 5.65. The molecule has 9 heteroatoms. The normalized spacial score (nSPS) is 19.2. The van der Waals surface area contributed by atoms with Gasteiger partial charge < -0.3 is 20.4 Å². The largest absolute Gasteiger partial charge is 0.372 e. The average Bonchev–Trinajstić information content (AvgIpc) is 3.12. The minimum atomic E-state index is -0.425. The van der Waals surface area contributed by atoms with Gasteiger partial charge in [0.2, 0.25) is 0 Å². The molecule has 1 aromatic heterocycles. The van der Waals surface area contributed by atoms with E-state index in [4.69, 9.17) is 0 Å². The van der Waals surface area contributed by atoms with E-state index in [9.17, 15) is 9.59 Å². The quantitative estimate of drug-likeness (QED) is 0.662. The highest BCUT2D eigenvalue weighted by Crippen LogP contribution is 2.46. The number of rotatable bonds is 4. The molecule has 2 aromatic rings. The molecule has 1 aromatic carbocycles. The summed E-state index contributed by atoms with van der Waals surface area (Å²) in [6.45, 7) is 10.4. The fraction of sp³-hybridized carbons (Fsp3) is 0.476. The summed E-state index contributed by atoms with van der Waals surface area (Å²) < 4.78 is 2.41.